The van der Waals surface area contributed by atoms with E-state index in [1.165, 1.54) is 44.3 Å². The van der Waals surface area contributed by atoms with Gasteiger partial charge in [-0.05, 0) is 18.6 Å². The molecule has 72 valence electrons. The number of rotatable bonds is 2. The van der Waals surface area contributed by atoms with Gasteiger partial charge in [-0.1, -0.05) is 32.6 Å². The average molecular weight is 187 g/mol. The molecular formula is C10H21NS. The molecule has 1 aliphatic carbocycles. The van der Waals surface area contributed by atoms with Crippen LogP contribution >= 0.6 is 11.8 Å². The molecule has 2 heteroatoms. The van der Waals surface area contributed by atoms with Crippen LogP contribution in [0, 0.1) is 0 Å². The maximum atomic E-state index is 6.11. The molecule has 12 heavy (non-hydrogen) atoms. The zero-order valence-electron chi connectivity index (χ0n) is 8.09. The Bertz CT molecular complexity index is 116. The fourth-order valence-electron chi connectivity index (χ4n) is 1.90. The monoisotopic (exact) mass is 187 g/mol. The van der Waals surface area contributed by atoms with Crippen LogP contribution in [-0.2, 0) is 0 Å². The van der Waals surface area contributed by atoms with Gasteiger partial charge < -0.3 is 5.73 Å². The van der Waals surface area contributed by atoms with E-state index in [1.54, 1.807) is 0 Å². The van der Waals surface area contributed by atoms with Gasteiger partial charge in [0.15, 0.2) is 0 Å². The lowest BCUT2D eigenvalue weighted by molar-refractivity contribution is 0.463. The lowest BCUT2D eigenvalue weighted by Gasteiger charge is -2.25. The van der Waals surface area contributed by atoms with Crippen LogP contribution in [-0.4, -0.2) is 17.0 Å². The van der Waals surface area contributed by atoms with E-state index in [0.717, 1.165) is 5.25 Å². The molecule has 1 nitrogen and oxygen atoms in total. The Balaban J connectivity index is 2.32. The lowest BCUT2D eigenvalue weighted by Crippen LogP contribution is -2.33. The zero-order valence-corrected chi connectivity index (χ0v) is 8.91. The molecule has 1 fully saturated rings. The summed E-state index contributed by atoms with van der Waals surface area (Å²) in [5.74, 6) is 1.22. The minimum Gasteiger partial charge on any atom is -0.327 e. The van der Waals surface area contributed by atoms with Crippen molar-refractivity contribution in [1.82, 2.24) is 0 Å². The molecule has 2 N–H and O–H groups in total. The van der Waals surface area contributed by atoms with E-state index < -0.39 is 0 Å². The lowest BCUT2D eigenvalue weighted by atomic mass is 9.97. The second-order valence-electron chi connectivity index (χ2n) is 3.65. The van der Waals surface area contributed by atoms with Crippen LogP contribution < -0.4 is 5.73 Å². The maximum absolute atomic E-state index is 6.11. The highest BCUT2D eigenvalue weighted by Crippen LogP contribution is 2.25. The Morgan fingerprint density at radius 1 is 1.17 bits per heavy atom. The molecule has 0 aliphatic heterocycles. The Morgan fingerprint density at radius 3 is 2.50 bits per heavy atom. The topological polar surface area (TPSA) is 26.0 Å². The normalized spacial score (nSPS) is 32.5. The van der Waals surface area contributed by atoms with Crippen LogP contribution in [0.15, 0.2) is 0 Å². The van der Waals surface area contributed by atoms with Crippen molar-refractivity contribution in [2.75, 3.05) is 5.75 Å². The van der Waals surface area contributed by atoms with Crippen LogP contribution in [0.5, 0.6) is 0 Å². The highest BCUT2D eigenvalue weighted by atomic mass is 32.2. The quantitative estimate of drug-likeness (QED) is 0.719. The van der Waals surface area contributed by atoms with E-state index in [-0.39, 0.29) is 0 Å². The highest BCUT2D eigenvalue weighted by molar-refractivity contribution is 7.99. The molecule has 0 spiro atoms. The minimum atomic E-state index is 0.468. The van der Waals surface area contributed by atoms with Crippen LogP contribution in [0.4, 0.5) is 0 Å². The van der Waals surface area contributed by atoms with Crippen LogP contribution in [0.1, 0.15) is 45.4 Å². The largest absolute Gasteiger partial charge is 0.327 e. The van der Waals surface area contributed by atoms with E-state index in [2.05, 4.69) is 18.7 Å². The number of nitrogens with two attached hydrogens (primary N) is 1. The average Bonchev–Trinajstić information content (AvgIpc) is 2.05. The van der Waals surface area contributed by atoms with E-state index >= 15 is 0 Å². The standard InChI is InChI=1S/C10H21NS/c1-2-12-10-8-6-4-3-5-7-9(10)11/h9-10H,2-8,11H2,1H3. The number of hydrogen-bond acceptors (Lipinski definition) is 2. The molecule has 0 saturated heterocycles. The second kappa shape index (κ2) is 5.87. The molecule has 0 bridgehead atoms. The first-order valence-electron chi connectivity index (χ1n) is 5.21. The van der Waals surface area contributed by atoms with Crippen molar-refractivity contribution in [2.24, 2.45) is 5.73 Å². The van der Waals surface area contributed by atoms with Crippen molar-refractivity contribution in [3.63, 3.8) is 0 Å². The summed E-state index contributed by atoms with van der Waals surface area (Å²) in [6, 6.07) is 0.468. The van der Waals surface area contributed by atoms with Crippen molar-refractivity contribution >= 4 is 11.8 Å². The molecule has 0 aromatic carbocycles. The Morgan fingerprint density at radius 2 is 1.83 bits per heavy atom. The van der Waals surface area contributed by atoms with Crippen molar-refractivity contribution in [1.29, 1.82) is 0 Å². The summed E-state index contributed by atoms with van der Waals surface area (Å²) in [6.07, 6.45) is 8.16. The second-order valence-corrected chi connectivity index (χ2v) is 5.17. The van der Waals surface area contributed by atoms with Gasteiger partial charge in [-0.2, -0.15) is 11.8 Å². The first kappa shape index (κ1) is 10.4. The smallest absolute Gasteiger partial charge is 0.0198 e. The van der Waals surface area contributed by atoms with Gasteiger partial charge in [0.05, 0.1) is 0 Å². The van der Waals surface area contributed by atoms with E-state index in [9.17, 15) is 0 Å². The molecule has 0 aromatic rings. The fraction of sp³-hybridized carbons (Fsp3) is 1.00. The highest BCUT2D eigenvalue weighted by Gasteiger charge is 2.18. The molecule has 2 atom stereocenters. The van der Waals surface area contributed by atoms with Crippen molar-refractivity contribution in [3.8, 4) is 0 Å². The third-order valence-electron chi connectivity index (χ3n) is 2.63. The van der Waals surface area contributed by atoms with Crippen LogP contribution in [0.25, 0.3) is 0 Å². The summed E-state index contributed by atoms with van der Waals surface area (Å²) in [4.78, 5) is 0. The summed E-state index contributed by atoms with van der Waals surface area (Å²) in [5, 5.41) is 0.746. The number of hydrogen-bond donors (Lipinski definition) is 1. The minimum absolute atomic E-state index is 0.468. The van der Waals surface area contributed by atoms with Gasteiger partial charge in [-0.3, -0.25) is 0 Å². The van der Waals surface area contributed by atoms with Crippen LogP contribution in [0.2, 0.25) is 0 Å². The molecule has 1 saturated carbocycles. The van der Waals surface area contributed by atoms with Gasteiger partial charge in [-0.25, -0.2) is 0 Å². The predicted octanol–water partition coefficient (Wildman–Crippen LogP) is 2.79. The van der Waals surface area contributed by atoms with E-state index in [1.807, 2.05) is 0 Å². The van der Waals surface area contributed by atoms with Crippen LogP contribution in [0.3, 0.4) is 0 Å². The first-order valence-corrected chi connectivity index (χ1v) is 6.26. The van der Waals surface area contributed by atoms with Gasteiger partial charge in [-0.15, -0.1) is 0 Å². The summed E-state index contributed by atoms with van der Waals surface area (Å²) < 4.78 is 0. The van der Waals surface area contributed by atoms with Gasteiger partial charge in [0.25, 0.3) is 0 Å². The van der Waals surface area contributed by atoms with Gasteiger partial charge in [0.1, 0.15) is 0 Å². The van der Waals surface area contributed by atoms with E-state index in [4.69, 9.17) is 5.73 Å². The molecule has 2 unspecified atom stereocenters. The zero-order chi connectivity index (χ0) is 8.81. The van der Waals surface area contributed by atoms with Gasteiger partial charge in [0.2, 0.25) is 0 Å². The predicted molar refractivity (Wildman–Crippen MR) is 57.6 cm³/mol. The molecular weight excluding hydrogens is 166 g/mol. The molecule has 0 radical (unpaired) electrons. The summed E-state index contributed by atoms with van der Waals surface area (Å²) in [5.41, 5.74) is 6.11. The Labute approximate surface area is 80.5 Å². The van der Waals surface area contributed by atoms with Crippen molar-refractivity contribution < 1.29 is 0 Å². The third kappa shape index (κ3) is 3.36. The fourth-order valence-corrected chi connectivity index (χ4v) is 3.04. The third-order valence-corrected chi connectivity index (χ3v) is 3.98. The molecule has 1 rings (SSSR count). The Kier molecular flexibility index (Phi) is 5.08. The maximum Gasteiger partial charge on any atom is 0.0198 e. The summed E-state index contributed by atoms with van der Waals surface area (Å²) in [7, 11) is 0. The molecule has 0 amide bonds. The van der Waals surface area contributed by atoms with Crippen molar-refractivity contribution in [3.05, 3.63) is 0 Å². The van der Waals surface area contributed by atoms with Gasteiger partial charge in [0, 0.05) is 11.3 Å². The van der Waals surface area contributed by atoms with Crippen molar-refractivity contribution in [2.45, 2.75) is 56.7 Å². The summed E-state index contributed by atoms with van der Waals surface area (Å²) in [6.45, 7) is 2.23. The SMILES string of the molecule is CCSC1CCCCCCC1N. The van der Waals surface area contributed by atoms with E-state index in [0.29, 0.717) is 6.04 Å². The first-order chi connectivity index (χ1) is 5.84. The number of thioether (sulfide) groups is 1. The molecule has 1 aliphatic rings. The van der Waals surface area contributed by atoms with Gasteiger partial charge >= 0.3 is 0 Å². The molecule has 0 heterocycles. The molecule has 0 aromatic heterocycles. The summed E-state index contributed by atoms with van der Waals surface area (Å²) >= 11 is 2.06. The Hall–Kier alpha value is 0.310.